The number of rotatable bonds is 5. The Morgan fingerprint density at radius 3 is 2.19 bits per heavy atom. The largest absolute Gasteiger partial charge is 0.302 e. The van der Waals surface area contributed by atoms with Gasteiger partial charge in [-0.3, -0.25) is 4.98 Å². The van der Waals surface area contributed by atoms with E-state index >= 15 is 0 Å². The van der Waals surface area contributed by atoms with Gasteiger partial charge in [0.2, 0.25) is 0 Å². The molecule has 0 saturated carbocycles. The van der Waals surface area contributed by atoms with Gasteiger partial charge in [0.25, 0.3) is 0 Å². The van der Waals surface area contributed by atoms with Gasteiger partial charge in [-0.2, -0.15) is 0 Å². The van der Waals surface area contributed by atoms with Gasteiger partial charge in [-0.1, -0.05) is 18.2 Å². The predicted molar refractivity (Wildman–Crippen MR) is 83.8 cm³/mol. The molecule has 1 unspecified atom stereocenters. The van der Waals surface area contributed by atoms with Crippen molar-refractivity contribution in [3.05, 3.63) is 59.9 Å². The van der Waals surface area contributed by atoms with E-state index in [1.165, 1.54) is 6.26 Å². The highest BCUT2D eigenvalue weighted by molar-refractivity contribution is 7.90. The van der Waals surface area contributed by atoms with Crippen LogP contribution in [0.2, 0.25) is 0 Å². The molecular weight excluding hydrogens is 284 g/mol. The zero-order valence-electron chi connectivity index (χ0n) is 12.4. The molecule has 0 spiro atoms. The number of nitrogens with zero attached hydrogens (tertiary/aromatic N) is 1. The third-order valence-electron chi connectivity index (χ3n) is 3.44. The van der Waals surface area contributed by atoms with Crippen LogP contribution in [-0.4, -0.2) is 19.7 Å². The Morgan fingerprint density at radius 2 is 1.67 bits per heavy atom. The topological polar surface area (TPSA) is 59.1 Å². The van der Waals surface area contributed by atoms with E-state index in [9.17, 15) is 8.42 Å². The average Bonchev–Trinajstić information content (AvgIpc) is 2.47. The van der Waals surface area contributed by atoms with Crippen LogP contribution in [0, 0.1) is 0 Å². The molecule has 1 N–H and O–H groups in total. The summed E-state index contributed by atoms with van der Waals surface area (Å²) in [5, 5.41) is 3.46. The first-order valence-electron chi connectivity index (χ1n) is 6.85. The van der Waals surface area contributed by atoms with Gasteiger partial charge in [0.15, 0.2) is 9.84 Å². The summed E-state index contributed by atoms with van der Waals surface area (Å²) in [6.45, 7) is 4.11. The van der Waals surface area contributed by atoms with E-state index in [0.717, 1.165) is 11.3 Å². The minimum absolute atomic E-state index is 0.107. The summed E-state index contributed by atoms with van der Waals surface area (Å²) in [6, 6.07) is 13.1. The lowest BCUT2D eigenvalue weighted by molar-refractivity contribution is 0.486. The molecule has 0 aliphatic carbocycles. The SMILES string of the molecule is CC(N[C@H](C)c1ccccn1)c1ccc(S(C)(=O)=O)cc1. The number of nitrogens with one attached hydrogen (secondary N) is 1. The van der Waals surface area contributed by atoms with Crippen molar-refractivity contribution in [2.75, 3.05) is 6.26 Å². The summed E-state index contributed by atoms with van der Waals surface area (Å²) in [6.07, 6.45) is 2.99. The standard InChI is InChI=1S/C16H20N2O2S/c1-12(18-13(2)16-6-4-5-11-17-16)14-7-9-15(10-8-14)21(3,19)20/h4-13,18H,1-3H3/t12?,13-/m1/s1. The molecule has 0 amide bonds. The van der Waals surface area contributed by atoms with Crippen molar-refractivity contribution in [1.29, 1.82) is 0 Å². The Kier molecular flexibility index (Phi) is 4.75. The third kappa shape index (κ3) is 4.12. The monoisotopic (exact) mass is 304 g/mol. The number of hydrogen-bond acceptors (Lipinski definition) is 4. The Morgan fingerprint density at radius 1 is 1.00 bits per heavy atom. The van der Waals surface area contributed by atoms with Gasteiger partial charge in [-0.25, -0.2) is 8.42 Å². The molecule has 0 saturated heterocycles. The van der Waals surface area contributed by atoms with E-state index in [2.05, 4.69) is 24.1 Å². The summed E-state index contributed by atoms with van der Waals surface area (Å²) in [5.41, 5.74) is 2.03. The van der Waals surface area contributed by atoms with Gasteiger partial charge in [-0.15, -0.1) is 0 Å². The van der Waals surface area contributed by atoms with Crippen molar-refractivity contribution in [1.82, 2.24) is 10.3 Å². The van der Waals surface area contributed by atoms with Crippen LogP contribution in [0.1, 0.15) is 37.2 Å². The molecule has 0 fully saturated rings. The molecule has 0 aliphatic rings. The quantitative estimate of drug-likeness (QED) is 0.922. The Balaban J connectivity index is 2.08. The average molecular weight is 304 g/mol. The Labute approximate surface area is 126 Å². The van der Waals surface area contributed by atoms with Crippen LogP contribution in [-0.2, 0) is 9.84 Å². The molecule has 21 heavy (non-hydrogen) atoms. The molecule has 1 aromatic carbocycles. The van der Waals surface area contributed by atoms with Crippen LogP contribution in [0.15, 0.2) is 53.6 Å². The second-order valence-corrected chi connectivity index (χ2v) is 7.22. The maximum atomic E-state index is 11.5. The number of aromatic nitrogens is 1. The fraction of sp³-hybridized carbons (Fsp3) is 0.312. The summed E-state index contributed by atoms with van der Waals surface area (Å²) in [5.74, 6) is 0. The van der Waals surface area contributed by atoms with Crippen LogP contribution < -0.4 is 5.32 Å². The fourth-order valence-corrected chi connectivity index (χ4v) is 2.82. The fourth-order valence-electron chi connectivity index (χ4n) is 2.19. The zero-order chi connectivity index (χ0) is 15.5. The molecule has 4 nitrogen and oxygen atoms in total. The third-order valence-corrected chi connectivity index (χ3v) is 4.57. The highest BCUT2D eigenvalue weighted by atomic mass is 32.2. The molecular formula is C16H20N2O2S. The van der Waals surface area contributed by atoms with E-state index in [1.807, 2.05) is 30.3 Å². The van der Waals surface area contributed by atoms with Gasteiger partial charge < -0.3 is 5.32 Å². The van der Waals surface area contributed by atoms with Crippen molar-refractivity contribution in [2.24, 2.45) is 0 Å². The maximum Gasteiger partial charge on any atom is 0.175 e. The molecule has 2 aromatic rings. The van der Waals surface area contributed by atoms with Crippen LogP contribution in [0.3, 0.4) is 0 Å². The predicted octanol–water partition coefficient (Wildman–Crippen LogP) is 2.90. The van der Waals surface area contributed by atoms with Gasteiger partial charge >= 0.3 is 0 Å². The molecule has 2 rings (SSSR count). The highest BCUT2D eigenvalue weighted by Gasteiger charge is 2.13. The molecule has 0 bridgehead atoms. The van der Waals surface area contributed by atoms with E-state index in [1.54, 1.807) is 18.3 Å². The van der Waals surface area contributed by atoms with E-state index in [-0.39, 0.29) is 12.1 Å². The van der Waals surface area contributed by atoms with Gasteiger partial charge in [-0.05, 0) is 43.7 Å². The molecule has 1 aromatic heterocycles. The van der Waals surface area contributed by atoms with E-state index in [4.69, 9.17) is 0 Å². The van der Waals surface area contributed by atoms with Crippen molar-refractivity contribution in [3.63, 3.8) is 0 Å². The first kappa shape index (κ1) is 15.7. The van der Waals surface area contributed by atoms with Crippen LogP contribution in [0.25, 0.3) is 0 Å². The van der Waals surface area contributed by atoms with Crippen LogP contribution in [0.5, 0.6) is 0 Å². The van der Waals surface area contributed by atoms with E-state index in [0.29, 0.717) is 4.90 Å². The minimum Gasteiger partial charge on any atom is -0.302 e. The van der Waals surface area contributed by atoms with Crippen LogP contribution >= 0.6 is 0 Å². The zero-order valence-corrected chi connectivity index (χ0v) is 13.3. The molecule has 0 radical (unpaired) electrons. The van der Waals surface area contributed by atoms with E-state index < -0.39 is 9.84 Å². The van der Waals surface area contributed by atoms with Crippen molar-refractivity contribution in [2.45, 2.75) is 30.8 Å². The number of sulfone groups is 1. The Hall–Kier alpha value is -1.72. The van der Waals surface area contributed by atoms with Crippen molar-refractivity contribution < 1.29 is 8.42 Å². The van der Waals surface area contributed by atoms with Crippen molar-refractivity contribution >= 4 is 9.84 Å². The smallest absolute Gasteiger partial charge is 0.175 e. The lowest BCUT2D eigenvalue weighted by Crippen LogP contribution is -2.23. The number of pyridine rings is 1. The maximum absolute atomic E-state index is 11.5. The highest BCUT2D eigenvalue weighted by Crippen LogP contribution is 2.19. The molecule has 1 heterocycles. The summed E-state index contributed by atoms with van der Waals surface area (Å²) in [4.78, 5) is 4.67. The molecule has 112 valence electrons. The van der Waals surface area contributed by atoms with Gasteiger partial charge in [0.1, 0.15) is 0 Å². The second-order valence-electron chi connectivity index (χ2n) is 5.21. The lowest BCUT2D eigenvalue weighted by Gasteiger charge is -2.20. The normalized spacial score (nSPS) is 14.6. The first-order chi connectivity index (χ1) is 9.88. The second kappa shape index (κ2) is 6.37. The molecule has 0 aliphatic heterocycles. The number of hydrogen-bond donors (Lipinski definition) is 1. The van der Waals surface area contributed by atoms with Gasteiger partial charge in [0.05, 0.1) is 10.6 Å². The summed E-state index contributed by atoms with van der Waals surface area (Å²) in [7, 11) is -3.14. The molecule has 5 heteroatoms. The molecule has 2 atom stereocenters. The van der Waals surface area contributed by atoms with Crippen molar-refractivity contribution in [3.8, 4) is 0 Å². The van der Waals surface area contributed by atoms with Crippen LogP contribution in [0.4, 0.5) is 0 Å². The minimum atomic E-state index is -3.14. The Bertz CT molecular complexity index is 682. The lowest BCUT2D eigenvalue weighted by atomic mass is 10.1. The summed E-state index contributed by atoms with van der Waals surface area (Å²) < 4.78 is 22.9. The van der Waals surface area contributed by atoms with Gasteiger partial charge in [0, 0.05) is 24.5 Å². The summed E-state index contributed by atoms with van der Waals surface area (Å²) >= 11 is 0. The number of benzene rings is 1. The first-order valence-corrected chi connectivity index (χ1v) is 8.74.